The molecule has 1 atom stereocenters. The second-order valence-corrected chi connectivity index (χ2v) is 8.35. The van der Waals surface area contributed by atoms with Crippen LogP contribution in [0.1, 0.15) is 46.8 Å². The molecule has 0 saturated carbocycles. The molecule has 1 unspecified atom stereocenters. The maximum atomic E-state index is 12.9. The number of rotatable bonds is 8. The third-order valence-corrected chi connectivity index (χ3v) is 5.91. The van der Waals surface area contributed by atoms with Gasteiger partial charge in [-0.2, -0.15) is 0 Å². The molecular weight excluding hydrogens is 414 g/mol. The lowest BCUT2D eigenvalue weighted by atomic mass is 10.1. The lowest BCUT2D eigenvalue weighted by molar-refractivity contribution is 0.0947. The van der Waals surface area contributed by atoms with Crippen LogP contribution in [0.4, 0.5) is 0 Å². The number of ether oxygens (including phenoxy) is 2. The quantitative estimate of drug-likeness (QED) is 0.523. The standard InChI is InChI=1S/C23H25N3O4S/c1-4-28-20-10-16-8-14(2)29-21(16)11-17(20)12-25-22(27)19-6-5-7-24-23(19)31-13-18-9-15(3)30-26-18/h5-7,9-11,14H,4,8,12-13H2,1-3H3,(H,25,27). The predicted octanol–water partition coefficient (Wildman–Crippen LogP) is 4.32. The van der Waals surface area contributed by atoms with Gasteiger partial charge in [0.1, 0.15) is 28.4 Å². The number of carbonyl (C=O) groups is 1. The van der Waals surface area contributed by atoms with E-state index in [1.165, 1.54) is 11.8 Å². The molecule has 1 aliphatic heterocycles. The van der Waals surface area contributed by atoms with Gasteiger partial charge in [-0.1, -0.05) is 16.9 Å². The summed E-state index contributed by atoms with van der Waals surface area (Å²) in [5.41, 5.74) is 3.37. The minimum atomic E-state index is -0.191. The molecule has 0 radical (unpaired) electrons. The van der Waals surface area contributed by atoms with Gasteiger partial charge in [-0.15, -0.1) is 0 Å². The lowest BCUT2D eigenvalue weighted by Gasteiger charge is -2.14. The first-order chi connectivity index (χ1) is 15.0. The highest BCUT2D eigenvalue weighted by Gasteiger charge is 2.22. The molecule has 0 aliphatic carbocycles. The average Bonchev–Trinajstić information content (AvgIpc) is 3.34. The summed E-state index contributed by atoms with van der Waals surface area (Å²) in [6.07, 6.45) is 2.70. The predicted molar refractivity (Wildman–Crippen MR) is 118 cm³/mol. The minimum absolute atomic E-state index is 0.151. The van der Waals surface area contributed by atoms with Crippen molar-refractivity contribution >= 4 is 17.7 Å². The molecule has 1 aromatic carbocycles. The Morgan fingerprint density at radius 1 is 1.35 bits per heavy atom. The Morgan fingerprint density at radius 2 is 2.23 bits per heavy atom. The Labute approximate surface area is 185 Å². The van der Waals surface area contributed by atoms with Crippen molar-refractivity contribution < 1.29 is 18.8 Å². The number of thioether (sulfide) groups is 1. The number of benzene rings is 1. The number of carbonyl (C=O) groups excluding carboxylic acids is 1. The zero-order valence-corrected chi connectivity index (χ0v) is 18.6. The second-order valence-electron chi connectivity index (χ2n) is 7.39. The fraction of sp³-hybridized carbons (Fsp3) is 0.348. The zero-order chi connectivity index (χ0) is 21.8. The first-order valence-electron chi connectivity index (χ1n) is 10.3. The third-order valence-electron chi connectivity index (χ3n) is 4.87. The summed E-state index contributed by atoms with van der Waals surface area (Å²) in [6.45, 7) is 6.73. The fourth-order valence-electron chi connectivity index (χ4n) is 3.49. The van der Waals surface area contributed by atoms with Crippen LogP contribution in [0.15, 0.2) is 46.1 Å². The molecule has 8 heteroatoms. The van der Waals surface area contributed by atoms with Crippen LogP contribution in [0.3, 0.4) is 0 Å². The van der Waals surface area contributed by atoms with Crippen LogP contribution in [0.5, 0.6) is 11.5 Å². The first kappa shape index (κ1) is 21.2. The van der Waals surface area contributed by atoms with Crippen LogP contribution in [0, 0.1) is 6.92 Å². The molecular formula is C23H25N3O4S. The van der Waals surface area contributed by atoms with Gasteiger partial charge in [-0.3, -0.25) is 4.79 Å². The second kappa shape index (κ2) is 9.43. The maximum Gasteiger partial charge on any atom is 0.254 e. The number of pyridine rings is 1. The van der Waals surface area contributed by atoms with Crippen molar-refractivity contribution in [2.24, 2.45) is 0 Å². The van der Waals surface area contributed by atoms with Crippen molar-refractivity contribution in [1.29, 1.82) is 0 Å². The highest BCUT2D eigenvalue weighted by molar-refractivity contribution is 7.98. The van der Waals surface area contributed by atoms with Gasteiger partial charge in [-0.25, -0.2) is 4.98 Å². The molecule has 0 spiro atoms. The van der Waals surface area contributed by atoms with Crippen LogP contribution in [0.25, 0.3) is 0 Å². The van der Waals surface area contributed by atoms with E-state index in [1.54, 1.807) is 18.3 Å². The minimum Gasteiger partial charge on any atom is -0.494 e. The first-order valence-corrected chi connectivity index (χ1v) is 11.3. The number of aryl methyl sites for hydroxylation is 1. The fourth-order valence-corrected chi connectivity index (χ4v) is 4.36. The van der Waals surface area contributed by atoms with Crippen LogP contribution in [0.2, 0.25) is 0 Å². The Hall–Kier alpha value is -3.00. The lowest BCUT2D eigenvalue weighted by Crippen LogP contribution is -2.24. The molecule has 1 N–H and O–H groups in total. The summed E-state index contributed by atoms with van der Waals surface area (Å²) in [7, 11) is 0. The van der Waals surface area contributed by atoms with Gasteiger partial charge in [0, 0.05) is 42.1 Å². The van der Waals surface area contributed by atoms with Crippen molar-refractivity contribution in [1.82, 2.24) is 15.5 Å². The Kier molecular flexibility index (Phi) is 6.46. The molecule has 2 aromatic heterocycles. The molecule has 31 heavy (non-hydrogen) atoms. The Bertz CT molecular complexity index is 1080. The molecule has 0 bridgehead atoms. The summed E-state index contributed by atoms with van der Waals surface area (Å²) in [4.78, 5) is 17.3. The van der Waals surface area contributed by atoms with Gasteiger partial charge >= 0.3 is 0 Å². The third kappa shape index (κ3) is 5.02. The van der Waals surface area contributed by atoms with E-state index in [-0.39, 0.29) is 12.0 Å². The molecule has 1 aliphatic rings. The van der Waals surface area contributed by atoms with E-state index in [9.17, 15) is 4.79 Å². The molecule has 3 aromatic rings. The SMILES string of the molecule is CCOc1cc2c(cc1CNC(=O)c1cccnc1SCc1cc(C)on1)OC(C)C2. The average molecular weight is 440 g/mol. The highest BCUT2D eigenvalue weighted by atomic mass is 32.2. The van der Waals surface area contributed by atoms with Gasteiger partial charge in [0.05, 0.1) is 17.9 Å². The molecule has 0 fully saturated rings. The maximum absolute atomic E-state index is 12.9. The van der Waals surface area contributed by atoms with Gasteiger partial charge in [0.25, 0.3) is 5.91 Å². The summed E-state index contributed by atoms with van der Waals surface area (Å²) in [5, 5.41) is 7.64. The van der Waals surface area contributed by atoms with E-state index < -0.39 is 0 Å². The van der Waals surface area contributed by atoms with Crippen molar-refractivity contribution in [2.75, 3.05) is 6.61 Å². The van der Waals surface area contributed by atoms with E-state index in [0.29, 0.717) is 29.5 Å². The van der Waals surface area contributed by atoms with Gasteiger partial charge in [0.15, 0.2) is 0 Å². The zero-order valence-electron chi connectivity index (χ0n) is 17.8. The van der Waals surface area contributed by atoms with E-state index in [0.717, 1.165) is 40.5 Å². The molecule has 7 nitrogen and oxygen atoms in total. The van der Waals surface area contributed by atoms with Gasteiger partial charge in [-0.05, 0) is 45.0 Å². The van der Waals surface area contributed by atoms with Crippen molar-refractivity contribution in [3.63, 3.8) is 0 Å². The summed E-state index contributed by atoms with van der Waals surface area (Å²) >= 11 is 1.45. The summed E-state index contributed by atoms with van der Waals surface area (Å²) in [6, 6.07) is 9.40. The van der Waals surface area contributed by atoms with Crippen LogP contribution < -0.4 is 14.8 Å². The molecule has 4 rings (SSSR count). The van der Waals surface area contributed by atoms with Crippen LogP contribution in [-0.4, -0.2) is 28.8 Å². The van der Waals surface area contributed by atoms with E-state index >= 15 is 0 Å². The Morgan fingerprint density at radius 3 is 3.00 bits per heavy atom. The number of hydrogen-bond donors (Lipinski definition) is 1. The van der Waals surface area contributed by atoms with E-state index in [1.807, 2.05) is 39.0 Å². The number of hydrogen-bond acceptors (Lipinski definition) is 7. The van der Waals surface area contributed by atoms with Crippen molar-refractivity contribution in [2.45, 2.75) is 50.6 Å². The number of nitrogens with one attached hydrogen (secondary N) is 1. The smallest absolute Gasteiger partial charge is 0.254 e. The normalized spacial score (nSPS) is 14.7. The topological polar surface area (TPSA) is 86.5 Å². The Balaban J connectivity index is 1.46. The summed E-state index contributed by atoms with van der Waals surface area (Å²) < 4.78 is 16.8. The van der Waals surface area contributed by atoms with Gasteiger partial charge < -0.3 is 19.3 Å². The van der Waals surface area contributed by atoms with Crippen LogP contribution in [-0.2, 0) is 18.7 Å². The van der Waals surface area contributed by atoms with Crippen molar-refractivity contribution in [3.8, 4) is 11.5 Å². The van der Waals surface area contributed by atoms with Gasteiger partial charge in [0.2, 0.25) is 0 Å². The van der Waals surface area contributed by atoms with Crippen LogP contribution >= 0.6 is 11.8 Å². The molecule has 1 amide bonds. The molecule has 3 heterocycles. The number of nitrogens with zero attached hydrogens (tertiary/aromatic N) is 2. The van der Waals surface area contributed by atoms with E-state index in [2.05, 4.69) is 15.5 Å². The molecule has 162 valence electrons. The number of amides is 1. The number of aromatic nitrogens is 2. The van der Waals surface area contributed by atoms with Crippen molar-refractivity contribution in [3.05, 3.63) is 64.7 Å². The monoisotopic (exact) mass is 439 g/mol. The highest BCUT2D eigenvalue weighted by Crippen LogP contribution is 2.35. The molecule has 0 saturated heterocycles. The van der Waals surface area contributed by atoms with E-state index in [4.69, 9.17) is 14.0 Å². The summed E-state index contributed by atoms with van der Waals surface area (Å²) in [5.74, 6) is 2.78. The largest absolute Gasteiger partial charge is 0.494 e. The number of fused-ring (bicyclic) bond motifs is 1.